The minimum atomic E-state index is -0.390. The van der Waals surface area contributed by atoms with Gasteiger partial charge in [0, 0.05) is 19.6 Å². The van der Waals surface area contributed by atoms with Crippen molar-refractivity contribution < 1.29 is 9.84 Å². The Morgan fingerprint density at radius 1 is 1.21 bits per heavy atom. The van der Waals surface area contributed by atoms with Crippen LogP contribution in [0.3, 0.4) is 0 Å². The third kappa shape index (κ3) is 4.60. The molecule has 0 amide bonds. The number of aryl methyl sites for hydroxylation is 1. The molecule has 1 aromatic rings. The lowest BCUT2D eigenvalue weighted by Gasteiger charge is -2.28. The third-order valence-electron chi connectivity index (χ3n) is 3.72. The second-order valence-corrected chi connectivity index (χ2v) is 5.27. The Bertz CT molecular complexity index is 358. The number of rotatable bonds is 6. The van der Waals surface area contributed by atoms with Gasteiger partial charge in [0.2, 0.25) is 0 Å². The summed E-state index contributed by atoms with van der Waals surface area (Å²) in [4.78, 5) is 2.26. The van der Waals surface area contributed by atoms with E-state index < -0.39 is 6.10 Å². The van der Waals surface area contributed by atoms with Gasteiger partial charge in [0.25, 0.3) is 0 Å². The van der Waals surface area contributed by atoms with Crippen molar-refractivity contribution in [1.29, 1.82) is 0 Å². The van der Waals surface area contributed by atoms with Gasteiger partial charge in [-0.15, -0.1) is 0 Å². The summed E-state index contributed by atoms with van der Waals surface area (Å²) in [5.74, 6) is 0. The second-order valence-electron chi connectivity index (χ2n) is 5.27. The summed E-state index contributed by atoms with van der Waals surface area (Å²) >= 11 is 0. The highest BCUT2D eigenvalue weighted by molar-refractivity contribution is 5.24. The summed E-state index contributed by atoms with van der Waals surface area (Å²) in [7, 11) is 0. The van der Waals surface area contributed by atoms with Crippen LogP contribution in [0.15, 0.2) is 24.3 Å². The van der Waals surface area contributed by atoms with E-state index in [4.69, 9.17) is 4.74 Å². The van der Waals surface area contributed by atoms with Crippen LogP contribution in [0.1, 0.15) is 37.0 Å². The summed E-state index contributed by atoms with van der Waals surface area (Å²) in [6, 6.07) is 8.42. The van der Waals surface area contributed by atoms with Crippen LogP contribution in [0.4, 0.5) is 0 Å². The number of hydrogen-bond acceptors (Lipinski definition) is 3. The molecule has 1 aliphatic heterocycles. The zero-order valence-corrected chi connectivity index (χ0v) is 11.8. The van der Waals surface area contributed by atoms with Crippen molar-refractivity contribution in [2.24, 2.45) is 0 Å². The highest BCUT2D eigenvalue weighted by Gasteiger charge is 2.15. The van der Waals surface area contributed by atoms with Gasteiger partial charge in [-0.1, -0.05) is 37.6 Å². The second kappa shape index (κ2) is 7.63. The van der Waals surface area contributed by atoms with Crippen molar-refractivity contribution in [3.05, 3.63) is 35.4 Å². The zero-order chi connectivity index (χ0) is 13.5. The standard InChI is InChI=1S/C16H25NO2/c1-2-3-4-14-5-7-15(8-6-14)16(18)13-17-9-11-19-12-10-17/h5-8,16,18H,2-4,9-13H2,1H3. The lowest BCUT2D eigenvalue weighted by atomic mass is 10.0. The number of ether oxygens (including phenoxy) is 1. The van der Waals surface area contributed by atoms with Gasteiger partial charge in [-0.05, 0) is 24.0 Å². The maximum atomic E-state index is 10.3. The predicted octanol–water partition coefficient (Wildman–Crippen LogP) is 2.39. The number of aliphatic hydroxyl groups excluding tert-OH is 1. The molecule has 3 heteroatoms. The Labute approximate surface area is 116 Å². The normalized spacial score (nSPS) is 18.4. The molecule has 106 valence electrons. The lowest BCUT2D eigenvalue weighted by Crippen LogP contribution is -2.38. The van der Waals surface area contributed by atoms with Crippen LogP contribution >= 0.6 is 0 Å². The molecule has 0 bridgehead atoms. The fourth-order valence-corrected chi connectivity index (χ4v) is 2.42. The predicted molar refractivity (Wildman–Crippen MR) is 77.3 cm³/mol. The highest BCUT2D eigenvalue weighted by Crippen LogP contribution is 2.16. The van der Waals surface area contributed by atoms with Gasteiger partial charge < -0.3 is 9.84 Å². The van der Waals surface area contributed by atoms with Crippen LogP contribution in [-0.4, -0.2) is 42.9 Å². The van der Waals surface area contributed by atoms with Gasteiger partial charge in [0.15, 0.2) is 0 Å². The van der Waals surface area contributed by atoms with Crippen LogP contribution < -0.4 is 0 Å². The minimum absolute atomic E-state index is 0.390. The van der Waals surface area contributed by atoms with E-state index in [1.54, 1.807) is 0 Å². The molecule has 0 radical (unpaired) electrons. The first-order valence-corrected chi connectivity index (χ1v) is 7.36. The number of hydrogen-bond donors (Lipinski definition) is 1. The Balaban J connectivity index is 1.85. The number of β-amino-alcohol motifs (C(OH)–C–C–N with tert-alkyl or cyclic N) is 1. The molecule has 1 unspecified atom stereocenters. The molecule has 1 fully saturated rings. The van der Waals surface area contributed by atoms with Crippen LogP contribution in [0, 0.1) is 0 Å². The average molecular weight is 263 g/mol. The van der Waals surface area contributed by atoms with Crippen molar-refractivity contribution in [2.45, 2.75) is 32.3 Å². The van der Waals surface area contributed by atoms with E-state index >= 15 is 0 Å². The monoisotopic (exact) mass is 263 g/mol. The molecular weight excluding hydrogens is 238 g/mol. The molecule has 1 aromatic carbocycles. The largest absolute Gasteiger partial charge is 0.387 e. The van der Waals surface area contributed by atoms with Crippen LogP contribution in [-0.2, 0) is 11.2 Å². The van der Waals surface area contributed by atoms with E-state index in [-0.39, 0.29) is 0 Å². The number of benzene rings is 1. The summed E-state index contributed by atoms with van der Waals surface area (Å²) in [5, 5.41) is 10.3. The first-order valence-electron chi connectivity index (χ1n) is 7.36. The molecule has 1 saturated heterocycles. The minimum Gasteiger partial charge on any atom is -0.387 e. The number of aliphatic hydroxyl groups is 1. The average Bonchev–Trinajstić information content (AvgIpc) is 2.46. The number of nitrogens with zero attached hydrogens (tertiary/aromatic N) is 1. The van der Waals surface area contributed by atoms with E-state index in [2.05, 4.69) is 36.1 Å². The summed E-state index contributed by atoms with van der Waals surface area (Å²) in [5.41, 5.74) is 2.39. The van der Waals surface area contributed by atoms with Gasteiger partial charge in [-0.25, -0.2) is 0 Å². The van der Waals surface area contributed by atoms with E-state index in [1.807, 2.05) is 0 Å². The van der Waals surface area contributed by atoms with Crippen LogP contribution in [0.5, 0.6) is 0 Å². The molecule has 1 aliphatic rings. The van der Waals surface area contributed by atoms with Crippen molar-refractivity contribution >= 4 is 0 Å². The molecular formula is C16H25NO2. The Kier molecular flexibility index (Phi) is 5.83. The molecule has 1 N–H and O–H groups in total. The topological polar surface area (TPSA) is 32.7 Å². The van der Waals surface area contributed by atoms with E-state index in [1.165, 1.54) is 18.4 Å². The molecule has 0 aromatic heterocycles. The fourth-order valence-electron chi connectivity index (χ4n) is 2.42. The highest BCUT2D eigenvalue weighted by atomic mass is 16.5. The summed E-state index contributed by atoms with van der Waals surface area (Å²) < 4.78 is 5.32. The number of morpholine rings is 1. The molecule has 1 heterocycles. The van der Waals surface area contributed by atoms with Crippen molar-refractivity contribution in [3.63, 3.8) is 0 Å². The molecule has 0 saturated carbocycles. The van der Waals surface area contributed by atoms with E-state index in [0.29, 0.717) is 6.54 Å². The Hall–Kier alpha value is -0.900. The maximum Gasteiger partial charge on any atom is 0.0916 e. The van der Waals surface area contributed by atoms with Crippen molar-refractivity contribution in [1.82, 2.24) is 4.90 Å². The van der Waals surface area contributed by atoms with Crippen molar-refractivity contribution in [3.8, 4) is 0 Å². The molecule has 2 rings (SSSR count). The smallest absolute Gasteiger partial charge is 0.0916 e. The van der Waals surface area contributed by atoms with E-state index in [9.17, 15) is 5.11 Å². The summed E-state index contributed by atoms with van der Waals surface area (Å²) in [6.45, 7) is 6.32. The fraction of sp³-hybridized carbons (Fsp3) is 0.625. The van der Waals surface area contributed by atoms with Crippen LogP contribution in [0.25, 0.3) is 0 Å². The lowest BCUT2D eigenvalue weighted by molar-refractivity contribution is 0.0143. The molecule has 1 atom stereocenters. The van der Waals surface area contributed by atoms with Gasteiger partial charge >= 0.3 is 0 Å². The van der Waals surface area contributed by atoms with Gasteiger partial charge in [-0.3, -0.25) is 4.90 Å². The zero-order valence-electron chi connectivity index (χ0n) is 11.8. The van der Waals surface area contributed by atoms with Gasteiger partial charge in [-0.2, -0.15) is 0 Å². The SMILES string of the molecule is CCCCc1ccc(C(O)CN2CCOCC2)cc1. The first kappa shape index (κ1) is 14.5. The van der Waals surface area contributed by atoms with E-state index in [0.717, 1.165) is 38.3 Å². The Morgan fingerprint density at radius 3 is 2.53 bits per heavy atom. The quantitative estimate of drug-likeness (QED) is 0.855. The first-order chi connectivity index (χ1) is 9.29. The Morgan fingerprint density at radius 2 is 1.89 bits per heavy atom. The summed E-state index contributed by atoms with van der Waals surface area (Å²) in [6.07, 6.45) is 3.20. The molecule has 19 heavy (non-hydrogen) atoms. The number of unbranched alkanes of at least 4 members (excludes halogenated alkanes) is 1. The molecule has 0 aliphatic carbocycles. The third-order valence-corrected chi connectivity index (χ3v) is 3.72. The molecule has 0 spiro atoms. The van der Waals surface area contributed by atoms with Gasteiger partial charge in [0.1, 0.15) is 0 Å². The van der Waals surface area contributed by atoms with Gasteiger partial charge in [0.05, 0.1) is 19.3 Å². The van der Waals surface area contributed by atoms with Crippen LogP contribution in [0.2, 0.25) is 0 Å². The van der Waals surface area contributed by atoms with Crippen molar-refractivity contribution in [2.75, 3.05) is 32.8 Å². The molecule has 3 nitrogen and oxygen atoms in total. The maximum absolute atomic E-state index is 10.3.